The minimum atomic E-state index is -0.904. The lowest BCUT2D eigenvalue weighted by molar-refractivity contribution is -0.144. The van der Waals surface area contributed by atoms with Gasteiger partial charge in [-0.2, -0.15) is 9.97 Å². The number of benzene rings is 2. The van der Waals surface area contributed by atoms with Crippen molar-refractivity contribution in [1.29, 1.82) is 0 Å². The number of aromatic nitrogens is 3. The number of ether oxygens (including phenoxy) is 2. The Morgan fingerprint density at radius 2 is 1.98 bits per heavy atom. The number of carbonyl (C=O) groups excluding carboxylic acids is 1. The molecule has 1 unspecified atom stereocenters. The predicted octanol–water partition coefficient (Wildman–Crippen LogP) is 5.64. The molecule has 0 amide bonds. The summed E-state index contributed by atoms with van der Waals surface area (Å²) in [4.78, 5) is 30.7. The van der Waals surface area contributed by atoms with Gasteiger partial charge in [0.2, 0.25) is 0 Å². The first-order valence-corrected chi connectivity index (χ1v) is 16.8. The molecule has 0 spiro atoms. The zero-order valence-electron chi connectivity index (χ0n) is 26.8. The van der Waals surface area contributed by atoms with Crippen LogP contribution in [0.15, 0.2) is 42.6 Å². The van der Waals surface area contributed by atoms with Crippen LogP contribution in [-0.2, 0) is 16.0 Å². The summed E-state index contributed by atoms with van der Waals surface area (Å²) in [5.74, 6) is -0.258. The third kappa shape index (κ3) is 6.11. The first kappa shape index (κ1) is 31.6. The molecular formula is C36H41F2N5O4. The number of anilines is 1. The maximum Gasteiger partial charge on any atom is 0.319 e. The molecule has 0 saturated carbocycles. The van der Waals surface area contributed by atoms with Gasteiger partial charge in [-0.1, -0.05) is 36.4 Å². The van der Waals surface area contributed by atoms with Crippen LogP contribution >= 0.6 is 0 Å². The van der Waals surface area contributed by atoms with Crippen LogP contribution in [0.1, 0.15) is 51.0 Å². The van der Waals surface area contributed by atoms with Crippen LogP contribution in [0.5, 0.6) is 6.01 Å². The molecule has 3 saturated heterocycles. The summed E-state index contributed by atoms with van der Waals surface area (Å²) in [5.41, 5.74) is 1.34. The van der Waals surface area contributed by atoms with Crippen molar-refractivity contribution in [2.75, 3.05) is 50.9 Å². The average molecular weight is 646 g/mol. The largest absolute Gasteiger partial charge is 0.466 e. The molecule has 3 aliphatic heterocycles. The molecule has 3 aliphatic rings. The number of carbonyl (C=O) groups is 1. The summed E-state index contributed by atoms with van der Waals surface area (Å²) >= 11 is 0. The SMILES string of the molecule is CCOC(=O)CC1CCCN(c2nc(OC[C@@]34CCCN3C[C@H](F)C4)nc3c(F)c(-c4cccc5cccc(CCO)c45)ncc23)C1. The smallest absolute Gasteiger partial charge is 0.319 e. The first-order chi connectivity index (χ1) is 22.9. The molecule has 2 aromatic carbocycles. The Labute approximate surface area is 272 Å². The van der Waals surface area contributed by atoms with E-state index in [-0.39, 0.29) is 42.3 Å². The molecular weight excluding hydrogens is 604 g/mol. The number of pyridine rings is 1. The molecule has 5 heterocycles. The van der Waals surface area contributed by atoms with Gasteiger partial charge in [-0.3, -0.25) is 14.7 Å². The predicted molar refractivity (Wildman–Crippen MR) is 176 cm³/mol. The monoisotopic (exact) mass is 645 g/mol. The highest BCUT2D eigenvalue weighted by molar-refractivity contribution is 6.00. The number of fused-ring (bicyclic) bond motifs is 3. The lowest BCUT2D eigenvalue weighted by atomic mass is 9.94. The van der Waals surface area contributed by atoms with Crippen molar-refractivity contribution >= 4 is 33.5 Å². The third-order valence-corrected chi connectivity index (χ3v) is 10.1. The van der Waals surface area contributed by atoms with E-state index in [4.69, 9.17) is 14.5 Å². The van der Waals surface area contributed by atoms with Gasteiger partial charge < -0.3 is 19.5 Å². The molecule has 11 heteroatoms. The second kappa shape index (κ2) is 13.3. The number of piperidine rings is 1. The van der Waals surface area contributed by atoms with Crippen LogP contribution in [0.25, 0.3) is 32.9 Å². The number of hydrogen-bond donors (Lipinski definition) is 1. The van der Waals surface area contributed by atoms with Crippen LogP contribution < -0.4 is 9.64 Å². The molecule has 47 heavy (non-hydrogen) atoms. The van der Waals surface area contributed by atoms with Crippen molar-refractivity contribution in [1.82, 2.24) is 19.9 Å². The maximum atomic E-state index is 16.9. The normalized spacial score (nSPS) is 23.0. The van der Waals surface area contributed by atoms with E-state index in [1.807, 2.05) is 36.4 Å². The lowest BCUT2D eigenvalue weighted by Crippen LogP contribution is -2.43. The minimum absolute atomic E-state index is 0.0343. The number of alkyl halides is 1. The molecule has 248 valence electrons. The highest BCUT2D eigenvalue weighted by atomic mass is 19.1. The van der Waals surface area contributed by atoms with Gasteiger partial charge in [-0.15, -0.1) is 0 Å². The number of aliphatic hydroxyl groups excluding tert-OH is 1. The van der Waals surface area contributed by atoms with E-state index in [1.165, 1.54) is 0 Å². The van der Waals surface area contributed by atoms with Gasteiger partial charge in [0.1, 0.15) is 29.8 Å². The van der Waals surface area contributed by atoms with Crippen LogP contribution in [0.4, 0.5) is 14.6 Å². The standard InChI is InChI=1S/C36H41F2N5O4/c1-2-46-29(45)17-23-7-5-14-42(20-23)34-28-19-39-32(27-11-4-10-24-8-3-9-25(12-16-44)30(24)27)31(38)33(28)40-35(41-34)47-22-36-13-6-15-43(36)21-26(37)18-36/h3-4,8-11,19,23,26,44H,2,5-7,12-18,20-22H2,1H3/t23?,26-,36+/m1/s1. The van der Waals surface area contributed by atoms with Gasteiger partial charge in [0.25, 0.3) is 0 Å². The fourth-order valence-corrected chi connectivity index (χ4v) is 7.99. The second-order valence-electron chi connectivity index (χ2n) is 13.1. The van der Waals surface area contributed by atoms with Crippen molar-refractivity contribution in [2.45, 2.75) is 63.6 Å². The third-order valence-electron chi connectivity index (χ3n) is 10.1. The number of nitrogens with zero attached hydrogens (tertiary/aromatic N) is 5. The van der Waals surface area contributed by atoms with Crippen LogP contribution in [0, 0.1) is 11.7 Å². The summed E-state index contributed by atoms with van der Waals surface area (Å²) in [6.45, 7) is 4.76. The zero-order chi connectivity index (χ0) is 32.5. The van der Waals surface area contributed by atoms with Gasteiger partial charge in [-0.05, 0) is 67.8 Å². The number of rotatable bonds is 10. The maximum absolute atomic E-state index is 16.9. The number of halogens is 2. The second-order valence-corrected chi connectivity index (χ2v) is 13.1. The van der Waals surface area contributed by atoms with Crippen LogP contribution in [0.2, 0.25) is 0 Å². The molecule has 4 aromatic rings. The molecule has 0 radical (unpaired) electrons. The Hall–Kier alpha value is -3.96. The molecule has 7 rings (SSSR count). The van der Waals surface area contributed by atoms with E-state index in [0.29, 0.717) is 62.3 Å². The summed E-state index contributed by atoms with van der Waals surface area (Å²) < 4.78 is 42.9. The van der Waals surface area contributed by atoms with Crippen LogP contribution in [-0.4, -0.2) is 88.6 Å². The number of hydrogen-bond acceptors (Lipinski definition) is 9. The van der Waals surface area contributed by atoms with E-state index in [0.717, 1.165) is 48.6 Å². The fourth-order valence-electron chi connectivity index (χ4n) is 7.99. The number of esters is 1. The number of aliphatic hydroxyl groups is 1. The highest BCUT2D eigenvalue weighted by Crippen LogP contribution is 2.41. The molecule has 2 aromatic heterocycles. The highest BCUT2D eigenvalue weighted by Gasteiger charge is 2.49. The lowest BCUT2D eigenvalue weighted by Gasteiger charge is -2.34. The van der Waals surface area contributed by atoms with Gasteiger partial charge in [0.05, 0.1) is 24.0 Å². The Balaban J connectivity index is 1.31. The quantitative estimate of drug-likeness (QED) is 0.220. The zero-order valence-corrected chi connectivity index (χ0v) is 26.8. The Kier molecular flexibility index (Phi) is 8.93. The van der Waals surface area contributed by atoms with Crippen molar-refractivity contribution in [3.8, 4) is 17.3 Å². The molecule has 3 atom stereocenters. The van der Waals surface area contributed by atoms with Crippen molar-refractivity contribution in [3.63, 3.8) is 0 Å². The molecule has 0 bridgehead atoms. The summed E-state index contributed by atoms with van der Waals surface area (Å²) in [6, 6.07) is 11.5. The van der Waals surface area contributed by atoms with Gasteiger partial charge in [-0.25, -0.2) is 8.78 Å². The van der Waals surface area contributed by atoms with Crippen molar-refractivity contribution in [2.24, 2.45) is 5.92 Å². The summed E-state index contributed by atoms with van der Waals surface area (Å²) in [7, 11) is 0. The average Bonchev–Trinajstić information content (AvgIpc) is 3.60. The van der Waals surface area contributed by atoms with Crippen LogP contribution in [0.3, 0.4) is 0 Å². The molecule has 3 fully saturated rings. The van der Waals surface area contributed by atoms with E-state index in [9.17, 15) is 14.3 Å². The van der Waals surface area contributed by atoms with Gasteiger partial charge in [0, 0.05) is 44.4 Å². The summed E-state index contributed by atoms with van der Waals surface area (Å²) in [5, 5.41) is 12.0. The topological polar surface area (TPSA) is 101 Å². The Bertz CT molecular complexity index is 1780. The summed E-state index contributed by atoms with van der Waals surface area (Å²) in [6.07, 6.45) is 5.35. The first-order valence-electron chi connectivity index (χ1n) is 16.8. The van der Waals surface area contributed by atoms with Gasteiger partial charge in [0.15, 0.2) is 5.82 Å². The molecule has 0 aliphatic carbocycles. The fraction of sp³-hybridized carbons (Fsp3) is 0.500. The Morgan fingerprint density at radius 1 is 1.13 bits per heavy atom. The van der Waals surface area contributed by atoms with Crippen molar-refractivity contribution < 1.29 is 28.2 Å². The minimum Gasteiger partial charge on any atom is -0.466 e. The Morgan fingerprint density at radius 3 is 2.81 bits per heavy atom. The van der Waals surface area contributed by atoms with E-state index in [2.05, 4.69) is 19.8 Å². The van der Waals surface area contributed by atoms with E-state index in [1.54, 1.807) is 13.1 Å². The van der Waals surface area contributed by atoms with Gasteiger partial charge >= 0.3 is 12.0 Å². The molecule has 1 N–H and O–H groups in total. The van der Waals surface area contributed by atoms with Crippen molar-refractivity contribution in [3.05, 3.63) is 54.0 Å². The van der Waals surface area contributed by atoms with E-state index >= 15 is 4.39 Å². The van der Waals surface area contributed by atoms with E-state index < -0.39 is 17.5 Å². The molecule has 9 nitrogen and oxygen atoms in total.